The average molecular weight is 1380 g/mol. The molecule has 0 unspecified atom stereocenters. The van der Waals surface area contributed by atoms with Gasteiger partial charge in [-0.2, -0.15) is 0 Å². The number of pyridine rings is 2. The zero-order valence-electron chi connectivity index (χ0n) is 53.7. The van der Waals surface area contributed by atoms with Crippen LogP contribution in [-0.4, -0.2) is 138 Å². The van der Waals surface area contributed by atoms with Crippen molar-refractivity contribution < 1.29 is 59.8 Å². The van der Waals surface area contributed by atoms with Gasteiger partial charge in [-0.25, -0.2) is 31.6 Å². The maximum absolute atomic E-state index is 14.6. The van der Waals surface area contributed by atoms with Crippen LogP contribution in [0.15, 0.2) is 147 Å². The number of ether oxygens (including phenoxy) is 3. The van der Waals surface area contributed by atoms with E-state index in [1.165, 1.54) is 11.0 Å². The molecule has 2 saturated heterocycles. The summed E-state index contributed by atoms with van der Waals surface area (Å²) < 4.78 is 72.9. The normalized spacial score (nSPS) is 23.9. The van der Waals surface area contributed by atoms with E-state index in [0.717, 1.165) is 38.4 Å². The predicted molar refractivity (Wildman–Crippen MR) is 365 cm³/mol. The number of rotatable bonds is 20. The molecule has 0 bridgehead atoms. The van der Waals surface area contributed by atoms with E-state index >= 15 is 0 Å². The second kappa shape index (κ2) is 27.9. The van der Waals surface area contributed by atoms with Gasteiger partial charge in [-0.15, -0.1) is 38.0 Å². The smallest absolute Gasteiger partial charge is 0.408 e. The summed E-state index contributed by atoms with van der Waals surface area (Å²) in [5, 5.41) is 13.8. The molecule has 26 heteroatoms. The Hall–Kier alpha value is -8.16. The number of carbonyl (C=O) groups is 6. The third-order valence-electron chi connectivity index (χ3n) is 17.6. The fourth-order valence-electron chi connectivity index (χ4n) is 12.0. The van der Waals surface area contributed by atoms with Gasteiger partial charge in [-0.1, -0.05) is 130 Å². The van der Waals surface area contributed by atoms with E-state index in [1.54, 1.807) is 47.6 Å². The predicted octanol–water partition coefficient (Wildman–Crippen LogP) is 8.38. The molecule has 6 fully saturated rings. The first-order valence-corrected chi connectivity index (χ1v) is 34.5. The lowest BCUT2D eigenvalue weighted by atomic mass is 9.85. The zero-order chi connectivity index (χ0) is 66.4. The fraction of sp³-hybridized carbons (Fsp3) is 0.420. The van der Waals surface area contributed by atoms with Crippen LogP contribution in [0, 0.1) is 17.3 Å². The monoisotopic (exact) mass is 1380 g/mol. The maximum Gasteiger partial charge on any atom is 0.408 e. The van der Waals surface area contributed by atoms with E-state index in [0.29, 0.717) is 62.5 Å². The van der Waals surface area contributed by atoms with E-state index in [1.807, 2.05) is 121 Å². The molecule has 4 aromatic carbocycles. The van der Waals surface area contributed by atoms with E-state index in [-0.39, 0.29) is 62.1 Å². The van der Waals surface area contributed by atoms with Crippen LogP contribution < -0.4 is 40.2 Å². The number of fused-ring (bicyclic) bond motifs is 2. The molecule has 95 heavy (non-hydrogen) atoms. The van der Waals surface area contributed by atoms with Crippen molar-refractivity contribution in [2.45, 2.75) is 150 Å². The summed E-state index contributed by atoms with van der Waals surface area (Å²) in [6.45, 7) is 18.4. The summed E-state index contributed by atoms with van der Waals surface area (Å²) in [7, 11) is -7.63. The van der Waals surface area contributed by atoms with Gasteiger partial charge in [-0.05, 0) is 99.7 Å². The Morgan fingerprint density at radius 2 is 1.06 bits per heavy atom. The van der Waals surface area contributed by atoms with E-state index < -0.39 is 113 Å². The molecule has 9 atom stereocenters. The highest BCUT2D eigenvalue weighted by Crippen LogP contribution is 2.47. The first-order chi connectivity index (χ1) is 44.1. The largest absolute Gasteiger partial charge is 0.472 e. The molecule has 506 valence electrons. The summed E-state index contributed by atoms with van der Waals surface area (Å²) in [5.74, 6) is -3.19. The SMILES string of the molecule is C=C[C@@H]1C[C@]1(NC(=O)[C@@H]1C[C@@H](Oc2nc(-c3ccccc3)cc3ccccc23)CN1)C(=O)NS(=O)(=O)C1CC1.C=C[C@@H]1C[C@]1(NC(=O)[C@@H]1C[C@@H](Oc2nc(-c3ccccc3)cc3ccccc23)CN1C(=O)[C@@H](NC(=O)OC(C)(C)C)C(C)(C)C)C(=O)NS(=O)(=O)C1CC1.Cl.Cl. The highest BCUT2D eigenvalue weighted by molar-refractivity contribution is 7.91. The van der Waals surface area contributed by atoms with Crippen LogP contribution in [0.1, 0.15) is 92.9 Å². The molecule has 4 heterocycles. The molecule has 6 aliphatic rings. The molecule has 6 N–H and O–H groups in total. The topological polar surface area (TPSA) is 300 Å². The van der Waals surface area contributed by atoms with Gasteiger partial charge >= 0.3 is 6.09 Å². The van der Waals surface area contributed by atoms with Crippen LogP contribution in [0.2, 0.25) is 0 Å². The second-order valence-corrected chi connectivity index (χ2v) is 30.9. The number of nitrogens with zero attached hydrogens (tertiary/aromatic N) is 3. The number of hydrogen-bond acceptors (Lipinski definition) is 16. The van der Waals surface area contributed by atoms with E-state index in [2.05, 4.69) is 43.9 Å². The number of nitrogens with one attached hydrogen (secondary N) is 6. The Morgan fingerprint density at radius 3 is 1.49 bits per heavy atom. The average Bonchev–Trinajstić information content (AvgIpc) is 1.59. The van der Waals surface area contributed by atoms with Crippen LogP contribution in [0.5, 0.6) is 11.8 Å². The van der Waals surface area contributed by atoms with Gasteiger partial charge in [0.1, 0.15) is 41.0 Å². The number of benzene rings is 4. The van der Waals surface area contributed by atoms with Crippen molar-refractivity contribution in [3.05, 3.63) is 147 Å². The molecule has 0 spiro atoms. The minimum absolute atomic E-state index is 0. The van der Waals surface area contributed by atoms with Crippen LogP contribution in [0.3, 0.4) is 0 Å². The Balaban J connectivity index is 0.000000229. The van der Waals surface area contributed by atoms with Crippen LogP contribution in [0.4, 0.5) is 4.79 Å². The number of alkyl carbamates (subject to hydrolysis) is 1. The minimum Gasteiger partial charge on any atom is -0.472 e. The number of likely N-dealkylation sites (tertiary alicyclic amines) is 1. The summed E-state index contributed by atoms with van der Waals surface area (Å²) in [4.78, 5) is 92.7. The minimum atomic E-state index is -3.91. The van der Waals surface area contributed by atoms with Crippen LogP contribution in [0.25, 0.3) is 44.1 Å². The molecule has 6 amide bonds. The van der Waals surface area contributed by atoms with Gasteiger partial charge in [0.25, 0.3) is 11.8 Å². The quantitative estimate of drug-likeness (QED) is 0.0391. The molecular formula is C69H81Cl2N9O13S2. The highest BCUT2D eigenvalue weighted by Gasteiger charge is 2.63. The first-order valence-electron chi connectivity index (χ1n) is 31.4. The number of halogens is 2. The number of aromatic nitrogens is 2. The maximum atomic E-state index is 14.6. The summed E-state index contributed by atoms with van der Waals surface area (Å²) in [6, 6.07) is 36.1. The number of sulfonamides is 2. The Morgan fingerprint density at radius 1 is 0.621 bits per heavy atom. The van der Waals surface area contributed by atoms with Crippen LogP contribution in [-0.2, 0) is 48.8 Å². The fourth-order valence-corrected chi connectivity index (χ4v) is 14.7. The summed E-state index contributed by atoms with van der Waals surface area (Å²) in [5.41, 5.74) is -1.19. The molecule has 4 aliphatic carbocycles. The second-order valence-electron chi connectivity index (χ2n) is 27.0. The lowest BCUT2D eigenvalue weighted by molar-refractivity contribution is -0.143. The lowest BCUT2D eigenvalue weighted by Crippen LogP contribution is -2.60. The summed E-state index contributed by atoms with van der Waals surface area (Å²) in [6.07, 6.45) is 4.06. The van der Waals surface area contributed by atoms with Crippen molar-refractivity contribution in [1.82, 2.24) is 45.6 Å². The molecule has 12 rings (SSSR count). The van der Waals surface area contributed by atoms with Gasteiger partial charge in [0.05, 0.1) is 34.5 Å². The van der Waals surface area contributed by atoms with E-state index in [4.69, 9.17) is 24.2 Å². The Kier molecular flexibility index (Phi) is 20.9. The first kappa shape index (κ1) is 71.1. The molecule has 2 aromatic heterocycles. The highest BCUT2D eigenvalue weighted by atomic mass is 35.5. The standard InChI is InChI=1S/C40H49N5O8S.C29H30N4O5S.2ClH/c1-8-26-22-40(26,36(48)44-54(50,51)28-18-19-28)43-33(46)31-21-27(23-45(31)35(47)32(38(2,3)4)42-37(49)53-39(5,6)7)52-34-29-17-13-12-16-25(29)20-30(41-34)24-14-10-9-11-15-24;1-2-20-16-29(20,28(35)33-39(36,37)22-12-13-22)32-26(34)25-15-21(17-30-25)38-27-23-11-7-6-10-19(23)14-24(31-27)18-8-4-3-5-9-18;;/h8-17,20,26-28,31-32H,1,18-19,21-23H2,2-7H3,(H,42,49)(H,43,46)(H,44,48);2-11,14,20-22,25,30H,1,12-13,15-17H2,(H,32,34)(H,33,35);2*1H/t26-,27-,31+,32-,40-;20-,21-,25+,29-;;/m11../s1. The Labute approximate surface area is 565 Å². The van der Waals surface area contributed by atoms with Gasteiger partial charge in [0, 0.05) is 53.1 Å². The third-order valence-corrected chi connectivity index (χ3v) is 21.3. The molecule has 6 aromatic rings. The molecule has 4 saturated carbocycles. The third kappa shape index (κ3) is 16.1. The number of carbonyl (C=O) groups excluding carboxylic acids is 6. The van der Waals surface area contributed by atoms with Crippen molar-refractivity contribution in [2.75, 3.05) is 13.1 Å². The summed E-state index contributed by atoms with van der Waals surface area (Å²) >= 11 is 0. The zero-order valence-corrected chi connectivity index (χ0v) is 56.9. The lowest BCUT2D eigenvalue weighted by Gasteiger charge is -2.36. The van der Waals surface area contributed by atoms with Crippen molar-refractivity contribution in [1.29, 1.82) is 0 Å². The Bertz CT molecular complexity index is 4170. The molecule has 22 nitrogen and oxygen atoms in total. The van der Waals surface area contributed by atoms with Gasteiger partial charge in [-0.3, -0.25) is 33.4 Å². The molecule has 0 radical (unpaired) electrons. The van der Waals surface area contributed by atoms with Crippen molar-refractivity contribution in [3.63, 3.8) is 0 Å². The van der Waals surface area contributed by atoms with Gasteiger partial charge < -0.3 is 40.4 Å². The number of amides is 6. The molecular weight excluding hydrogens is 1300 g/mol. The van der Waals surface area contributed by atoms with Gasteiger partial charge in [0.2, 0.25) is 49.5 Å². The number of hydrogen-bond donors (Lipinski definition) is 6. The van der Waals surface area contributed by atoms with Gasteiger partial charge in [0.15, 0.2) is 0 Å². The van der Waals surface area contributed by atoms with Crippen molar-refractivity contribution >= 4 is 102 Å². The molecule has 2 aliphatic heterocycles. The van der Waals surface area contributed by atoms with Crippen LogP contribution >= 0.6 is 24.8 Å². The van der Waals surface area contributed by atoms with Crippen molar-refractivity contribution in [2.24, 2.45) is 17.3 Å². The van der Waals surface area contributed by atoms with E-state index in [9.17, 15) is 45.6 Å². The van der Waals surface area contributed by atoms with Crippen molar-refractivity contribution in [3.8, 4) is 34.3 Å².